The molecule has 1 atom stereocenters. The Bertz CT molecular complexity index is 1180. The molecule has 1 saturated heterocycles. The van der Waals surface area contributed by atoms with Gasteiger partial charge in [-0.25, -0.2) is 4.68 Å². The molecule has 0 unspecified atom stereocenters. The van der Waals surface area contributed by atoms with E-state index < -0.39 is 0 Å². The quantitative estimate of drug-likeness (QED) is 0.448. The molecule has 0 aliphatic carbocycles. The van der Waals surface area contributed by atoms with Gasteiger partial charge in [-0.3, -0.25) is 9.20 Å². The molecule has 0 N–H and O–H groups in total. The summed E-state index contributed by atoms with van der Waals surface area (Å²) >= 11 is 6.05. The second-order valence-electron chi connectivity index (χ2n) is 8.13. The number of benzene rings is 1. The van der Waals surface area contributed by atoms with E-state index in [0.29, 0.717) is 37.0 Å². The Hall–Kier alpha value is -3.33. The van der Waals surface area contributed by atoms with Crippen molar-refractivity contribution in [3.8, 4) is 0 Å². The number of carbonyl (C=O) groups excluding carboxylic acids is 1. The largest absolute Gasteiger partial charge is 0.343 e. The van der Waals surface area contributed by atoms with Crippen LogP contribution in [0.5, 0.6) is 0 Å². The zero-order chi connectivity index (χ0) is 21.9. The highest BCUT2D eigenvalue weighted by Crippen LogP contribution is 2.29. The first-order valence-corrected chi connectivity index (χ1v) is 11.1. The second-order valence-corrected chi connectivity index (χ2v) is 8.56. The van der Waals surface area contributed by atoms with Gasteiger partial charge in [0.25, 0.3) is 0 Å². The molecule has 1 fully saturated rings. The number of hydrogen-bond donors (Lipinski definition) is 0. The first kappa shape index (κ1) is 20.6. The van der Waals surface area contributed by atoms with Gasteiger partial charge in [0.05, 0.1) is 6.54 Å². The highest BCUT2D eigenvalue weighted by molar-refractivity contribution is 6.30. The standard InChI is InChI=1S/C22H23ClN8O/c23-19-6-4-16(5-7-19)18(14-30-15-24-27-28-30)13-21(32)29-11-8-17(9-12-29)22-26-25-20-3-1-2-10-31(20)22/h1-7,10,15,17-18H,8-9,11-14H2/t18-/m0/s1. The van der Waals surface area contributed by atoms with Gasteiger partial charge >= 0.3 is 0 Å². The van der Waals surface area contributed by atoms with Gasteiger partial charge in [0, 0.05) is 42.6 Å². The van der Waals surface area contributed by atoms with Crippen molar-refractivity contribution in [2.45, 2.75) is 37.6 Å². The van der Waals surface area contributed by atoms with Gasteiger partial charge in [0.2, 0.25) is 5.91 Å². The molecule has 1 aromatic carbocycles. The van der Waals surface area contributed by atoms with E-state index in [1.165, 1.54) is 0 Å². The minimum atomic E-state index is -0.0403. The van der Waals surface area contributed by atoms with Gasteiger partial charge in [-0.1, -0.05) is 29.8 Å². The van der Waals surface area contributed by atoms with E-state index in [2.05, 4.69) is 25.7 Å². The molecule has 0 bridgehead atoms. The van der Waals surface area contributed by atoms with Crippen molar-refractivity contribution >= 4 is 23.2 Å². The molecule has 4 heterocycles. The average Bonchev–Trinajstić information content (AvgIpc) is 3.49. The van der Waals surface area contributed by atoms with E-state index in [9.17, 15) is 4.79 Å². The summed E-state index contributed by atoms with van der Waals surface area (Å²) in [6.45, 7) is 1.95. The normalized spacial score (nSPS) is 15.8. The summed E-state index contributed by atoms with van der Waals surface area (Å²) in [5.41, 5.74) is 1.90. The number of carbonyl (C=O) groups is 1. The number of hydrogen-bond acceptors (Lipinski definition) is 6. The van der Waals surface area contributed by atoms with Crippen LogP contribution in [0.15, 0.2) is 55.0 Å². The van der Waals surface area contributed by atoms with Crippen LogP contribution in [0.2, 0.25) is 5.02 Å². The van der Waals surface area contributed by atoms with Crippen molar-refractivity contribution in [2.24, 2.45) is 0 Å². The third-order valence-corrected chi connectivity index (χ3v) is 6.37. The molecular weight excluding hydrogens is 428 g/mol. The summed E-state index contributed by atoms with van der Waals surface area (Å²) < 4.78 is 3.71. The number of aromatic nitrogens is 7. The smallest absolute Gasteiger partial charge is 0.223 e. The zero-order valence-corrected chi connectivity index (χ0v) is 18.2. The fraction of sp³-hybridized carbons (Fsp3) is 0.364. The lowest BCUT2D eigenvalue weighted by Gasteiger charge is -2.32. The topological polar surface area (TPSA) is 94.1 Å². The maximum atomic E-state index is 13.2. The number of tetrazole rings is 1. The summed E-state index contributed by atoms with van der Waals surface area (Å²) in [4.78, 5) is 15.1. The van der Waals surface area contributed by atoms with E-state index in [1.807, 2.05) is 58.0 Å². The van der Waals surface area contributed by atoms with Crippen LogP contribution in [0.4, 0.5) is 0 Å². The number of amides is 1. The van der Waals surface area contributed by atoms with Crippen molar-refractivity contribution in [3.05, 3.63) is 71.4 Å². The van der Waals surface area contributed by atoms with Crippen LogP contribution in [-0.2, 0) is 11.3 Å². The molecule has 3 aromatic heterocycles. The maximum Gasteiger partial charge on any atom is 0.223 e. The zero-order valence-electron chi connectivity index (χ0n) is 17.5. The molecule has 1 aliphatic rings. The number of pyridine rings is 1. The monoisotopic (exact) mass is 450 g/mol. The maximum absolute atomic E-state index is 13.2. The second kappa shape index (κ2) is 9.04. The lowest BCUT2D eigenvalue weighted by atomic mass is 9.92. The highest BCUT2D eigenvalue weighted by Gasteiger charge is 2.28. The molecule has 1 amide bonds. The van der Waals surface area contributed by atoms with E-state index in [1.54, 1.807) is 11.0 Å². The summed E-state index contributed by atoms with van der Waals surface area (Å²) in [6, 6.07) is 13.5. The van der Waals surface area contributed by atoms with Crippen LogP contribution >= 0.6 is 11.6 Å². The van der Waals surface area contributed by atoms with Gasteiger partial charge in [0.1, 0.15) is 12.2 Å². The van der Waals surface area contributed by atoms with Crippen molar-refractivity contribution in [3.63, 3.8) is 0 Å². The van der Waals surface area contributed by atoms with Crippen LogP contribution in [0.3, 0.4) is 0 Å². The van der Waals surface area contributed by atoms with E-state index in [0.717, 1.165) is 29.9 Å². The first-order chi connectivity index (χ1) is 15.7. The molecule has 164 valence electrons. The molecule has 0 spiro atoms. The van der Waals surface area contributed by atoms with E-state index in [-0.39, 0.29) is 11.8 Å². The molecule has 10 heteroatoms. The van der Waals surface area contributed by atoms with Gasteiger partial charge in [-0.15, -0.1) is 15.3 Å². The Kier molecular flexibility index (Phi) is 5.81. The van der Waals surface area contributed by atoms with Crippen LogP contribution < -0.4 is 0 Å². The van der Waals surface area contributed by atoms with Gasteiger partial charge in [0.15, 0.2) is 5.65 Å². The summed E-state index contributed by atoms with van der Waals surface area (Å²) in [6.07, 6.45) is 5.71. The van der Waals surface area contributed by atoms with Crippen LogP contribution in [0.1, 0.15) is 42.5 Å². The average molecular weight is 451 g/mol. The van der Waals surface area contributed by atoms with Crippen LogP contribution in [-0.4, -0.2) is 58.7 Å². The molecule has 5 rings (SSSR count). The van der Waals surface area contributed by atoms with Gasteiger partial charge in [-0.2, -0.15) is 0 Å². The van der Waals surface area contributed by atoms with E-state index >= 15 is 0 Å². The fourth-order valence-corrected chi connectivity index (χ4v) is 4.50. The Morgan fingerprint density at radius 2 is 1.91 bits per heavy atom. The summed E-state index contributed by atoms with van der Waals surface area (Å²) in [5.74, 6) is 1.37. The summed E-state index contributed by atoms with van der Waals surface area (Å²) in [7, 11) is 0. The lowest BCUT2D eigenvalue weighted by molar-refractivity contribution is -0.132. The predicted octanol–water partition coefficient (Wildman–Crippen LogP) is 2.95. The molecule has 4 aromatic rings. The third-order valence-electron chi connectivity index (χ3n) is 6.11. The van der Waals surface area contributed by atoms with Crippen molar-refractivity contribution in [2.75, 3.05) is 13.1 Å². The van der Waals surface area contributed by atoms with Gasteiger partial charge < -0.3 is 4.90 Å². The molecule has 1 aliphatic heterocycles. The molecule has 0 saturated carbocycles. The Morgan fingerprint density at radius 3 is 2.66 bits per heavy atom. The number of piperidine rings is 1. The Morgan fingerprint density at radius 1 is 1.09 bits per heavy atom. The fourth-order valence-electron chi connectivity index (χ4n) is 4.38. The molecular formula is C22H23ClN8O. The van der Waals surface area contributed by atoms with E-state index in [4.69, 9.17) is 11.6 Å². The van der Waals surface area contributed by atoms with Crippen LogP contribution in [0.25, 0.3) is 5.65 Å². The SMILES string of the molecule is O=C(C[C@@H](Cn1cnnn1)c1ccc(Cl)cc1)N1CCC(c2nnc3ccccn23)CC1. The molecule has 0 radical (unpaired) electrons. The molecule has 32 heavy (non-hydrogen) atoms. The van der Waals surface area contributed by atoms with Gasteiger partial charge in [-0.05, 0) is 53.1 Å². The number of nitrogens with zero attached hydrogens (tertiary/aromatic N) is 8. The lowest BCUT2D eigenvalue weighted by Crippen LogP contribution is -2.39. The minimum Gasteiger partial charge on any atom is -0.343 e. The Labute approximate surface area is 190 Å². The third kappa shape index (κ3) is 4.34. The van der Waals surface area contributed by atoms with Crippen molar-refractivity contribution in [1.29, 1.82) is 0 Å². The predicted molar refractivity (Wildman–Crippen MR) is 118 cm³/mol. The Balaban J connectivity index is 1.25. The number of rotatable bonds is 6. The number of fused-ring (bicyclic) bond motifs is 1. The van der Waals surface area contributed by atoms with Crippen molar-refractivity contribution in [1.82, 2.24) is 39.7 Å². The summed E-state index contributed by atoms with van der Waals surface area (Å²) in [5, 5.41) is 20.7. The highest BCUT2D eigenvalue weighted by atomic mass is 35.5. The number of halogens is 1. The first-order valence-electron chi connectivity index (χ1n) is 10.7. The molecule has 9 nitrogen and oxygen atoms in total. The minimum absolute atomic E-state index is 0.0403. The van der Waals surface area contributed by atoms with Crippen LogP contribution in [0, 0.1) is 0 Å². The number of likely N-dealkylation sites (tertiary alicyclic amines) is 1. The van der Waals surface area contributed by atoms with Crippen molar-refractivity contribution < 1.29 is 4.79 Å².